The number of nitrogens with one attached hydrogen (secondary N) is 1. The molecule has 0 saturated carbocycles. The fourth-order valence-electron chi connectivity index (χ4n) is 4.64. The van der Waals surface area contributed by atoms with Gasteiger partial charge in [-0.25, -0.2) is 23.7 Å². The number of ether oxygens (including phenoxy) is 2. The van der Waals surface area contributed by atoms with E-state index in [0.29, 0.717) is 38.1 Å². The predicted molar refractivity (Wildman–Crippen MR) is 141 cm³/mol. The number of pyridine rings is 1. The van der Waals surface area contributed by atoms with Gasteiger partial charge in [0.05, 0.1) is 73.7 Å². The van der Waals surface area contributed by atoms with Gasteiger partial charge in [-0.2, -0.15) is 18.3 Å². The second-order valence-electron chi connectivity index (χ2n) is 9.30. The van der Waals surface area contributed by atoms with E-state index in [1.807, 2.05) is 0 Å². The Morgan fingerprint density at radius 3 is 2.41 bits per heavy atom. The molecule has 0 amide bonds. The average Bonchev–Trinajstić information content (AvgIpc) is 2.95. The number of anilines is 1. The summed E-state index contributed by atoms with van der Waals surface area (Å²) in [6, 6.07) is 1.98. The molecule has 11 nitrogen and oxygen atoms in total. The molecule has 0 unspecified atom stereocenters. The van der Waals surface area contributed by atoms with Gasteiger partial charge in [-0.3, -0.25) is 9.59 Å². The summed E-state index contributed by atoms with van der Waals surface area (Å²) < 4.78 is 67.9. The Bertz CT molecular complexity index is 1720. The Morgan fingerprint density at radius 2 is 1.78 bits per heavy atom. The minimum atomic E-state index is -4.89. The SMILES string of the molecule is COc1cnc(-c2c(=O)n(N3CCOCC3)cc3c(N[C@H](C)c4cccc(C(F)(F)F)c4F)nn(C)c(=O)c23)nc1. The second kappa shape index (κ2) is 10.8. The number of fused-ring (bicyclic) bond motifs is 1. The van der Waals surface area contributed by atoms with Gasteiger partial charge in [0.25, 0.3) is 11.1 Å². The number of nitrogens with zero attached hydrogens (tertiary/aromatic N) is 6. The summed E-state index contributed by atoms with van der Waals surface area (Å²) in [7, 11) is 2.78. The fraction of sp³-hybridized carbons (Fsp3) is 0.346. The van der Waals surface area contributed by atoms with Crippen LogP contribution in [0, 0.1) is 5.82 Å². The van der Waals surface area contributed by atoms with Crippen molar-refractivity contribution in [2.75, 3.05) is 43.7 Å². The van der Waals surface area contributed by atoms with Gasteiger partial charge in [-0.05, 0) is 13.0 Å². The van der Waals surface area contributed by atoms with Crippen molar-refractivity contribution in [2.24, 2.45) is 7.05 Å². The van der Waals surface area contributed by atoms with Crippen LogP contribution < -0.4 is 26.2 Å². The molecule has 0 bridgehead atoms. The van der Waals surface area contributed by atoms with Crippen molar-refractivity contribution in [1.82, 2.24) is 24.4 Å². The molecule has 3 aromatic heterocycles. The molecule has 1 aromatic carbocycles. The Kier molecular flexibility index (Phi) is 7.38. The second-order valence-corrected chi connectivity index (χ2v) is 9.30. The summed E-state index contributed by atoms with van der Waals surface area (Å²) in [5.41, 5.74) is -2.98. The van der Waals surface area contributed by atoms with Crippen molar-refractivity contribution in [3.8, 4) is 17.1 Å². The van der Waals surface area contributed by atoms with E-state index >= 15 is 0 Å². The van der Waals surface area contributed by atoms with Crippen molar-refractivity contribution in [3.05, 3.63) is 74.4 Å². The van der Waals surface area contributed by atoms with E-state index in [-0.39, 0.29) is 33.5 Å². The Hall–Kier alpha value is -4.53. The molecule has 41 heavy (non-hydrogen) atoms. The molecule has 1 saturated heterocycles. The van der Waals surface area contributed by atoms with Gasteiger partial charge >= 0.3 is 6.18 Å². The van der Waals surface area contributed by atoms with E-state index in [1.165, 1.54) is 50.4 Å². The number of methoxy groups -OCH3 is 1. The van der Waals surface area contributed by atoms with Gasteiger partial charge in [0, 0.05) is 18.8 Å². The highest BCUT2D eigenvalue weighted by atomic mass is 19.4. The number of aromatic nitrogens is 5. The summed E-state index contributed by atoms with van der Waals surface area (Å²) in [5.74, 6) is -1.11. The highest BCUT2D eigenvalue weighted by molar-refractivity contribution is 5.99. The van der Waals surface area contributed by atoms with Crippen LogP contribution >= 0.6 is 0 Å². The number of alkyl halides is 3. The molecule has 4 heterocycles. The summed E-state index contributed by atoms with van der Waals surface area (Å²) in [6.45, 7) is 2.89. The monoisotopic (exact) mass is 575 g/mol. The van der Waals surface area contributed by atoms with E-state index < -0.39 is 34.7 Å². The maximum absolute atomic E-state index is 15.0. The quantitative estimate of drug-likeness (QED) is 0.347. The lowest BCUT2D eigenvalue weighted by Gasteiger charge is -2.31. The predicted octanol–water partition coefficient (Wildman–Crippen LogP) is 2.86. The molecule has 0 aliphatic carbocycles. The molecule has 1 aliphatic heterocycles. The van der Waals surface area contributed by atoms with Crippen molar-refractivity contribution in [3.63, 3.8) is 0 Å². The molecule has 0 radical (unpaired) electrons. The number of rotatable bonds is 6. The van der Waals surface area contributed by atoms with Crippen LogP contribution in [0.3, 0.4) is 0 Å². The van der Waals surface area contributed by atoms with E-state index in [4.69, 9.17) is 9.47 Å². The standard InChI is InChI=1S/C26H25F4N7O4/c1-14(16-5-4-6-18(21(16)27)26(28,29)30)33-22-17-13-37(36-7-9-41-10-8-36)25(39)20(19(17)24(38)35(2)34-22)23-31-11-15(40-3)12-32-23/h4-6,11-14H,7-10H2,1-3H3,(H,33,34)/t14-/m1/s1. The summed E-state index contributed by atoms with van der Waals surface area (Å²) >= 11 is 0. The van der Waals surface area contributed by atoms with Crippen molar-refractivity contribution in [2.45, 2.75) is 19.1 Å². The van der Waals surface area contributed by atoms with Crippen molar-refractivity contribution >= 4 is 16.6 Å². The number of aryl methyl sites for hydroxylation is 1. The van der Waals surface area contributed by atoms with E-state index in [2.05, 4.69) is 20.4 Å². The maximum Gasteiger partial charge on any atom is 0.419 e. The van der Waals surface area contributed by atoms with Crippen LogP contribution in [-0.2, 0) is 18.0 Å². The van der Waals surface area contributed by atoms with Crippen molar-refractivity contribution in [1.29, 1.82) is 0 Å². The number of hydrogen-bond donors (Lipinski definition) is 1. The first kappa shape index (κ1) is 28.0. The lowest BCUT2D eigenvalue weighted by molar-refractivity contribution is -0.140. The van der Waals surface area contributed by atoms with Gasteiger partial charge in [0.15, 0.2) is 17.4 Å². The van der Waals surface area contributed by atoms with Gasteiger partial charge < -0.3 is 19.8 Å². The topological polar surface area (TPSA) is 116 Å². The number of hydrogen-bond acceptors (Lipinski definition) is 9. The highest BCUT2D eigenvalue weighted by Gasteiger charge is 2.35. The minimum absolute atomic E-state index is 0.0307. The van der Waals surface area contributed by atoms with Crippen LogP contribution in [0.2, 0.25) is 0 Å². The zero-order valence-electron chi connectivity index (χ0n) is 22.2. The number of morpholine rings is 1. The van der Waals surface area contributed by atoms with Crippen LogP contribution in [0.4, 0.5) is 23.4 Å². The third-order valence-electron chi connectivity index (χ3n) is 6.74. The zero-order chi connectivity index (χ0) is 29.5. The molecule has 216 valence electrons. The molecule has 0 spiro atoms. The van der Waals surface area contributed by atoms with Gasteiger partial charge in [-0.15, -0.1) is 0 Å². The summed E-state index contributed by atoms with van der Waals surface area (Å²) in [4.78, 5) is 35.7. The van der Waals surface area contributed by atoms with Gasteiger partial charge in [-0.1, -0.05) is 12.1 Å². The molecule has 5 rings (SSSR count). The molecule has 4 aromatic rings. The van der Waals surface area contributed by atoms with Crippen LogP contribution in [0.1, 0.15) is 24.1 Å². The molecule has 1 atom stereocenters. The third-order valence-corrected chi connectivity index (χ3v) is 6.74. The molecule has 1 N–H and O–H groups in total. The van der Waals surface area contributed by atoms with Crippen LogP contribution in [0.15, 0.2) is 46.4 Å². The zero-order valence-corrected chi connectivity index (χ0v) is 22.2. The highest BCUT2D eigenvalue weighted by Crippen LogP contribution is 2.35. The summed E-state index contributed by atoms with van der Waals surface area (Å²) in [5, 5.41) is 9.02. The lowest BCUT2D eigenvalue weighted by atomic mass is 10.0. The van der Waals surface area contributed by atoms with Crippen LogP contribution in [0.5, 0.6) is 5.75 Å². The fourth-order valence-corrected chi connectivity index (χ4v) is 4.64. The molecule has 1 fully saturated rings. The molecule has 15 heteroatoms. The average molecular weight is 576 g/mol. The normalized spacial score (nSPS) is 14.8. The molecular weight excluding hydrogens is 550 g/mol. The largest absolute Gasteiger partial charge is 0.494 e. The first-order valence-corrected chi connectivity index (χ1v) is 12.5. The summed E-state index contributed by atoms with van der Waals surface area (Å²) in [6.07, 6.45) is -0.767. The maximum atomic E-state index is 15.0. The van der Waals surface area contributed by atoms with Crippen LogP contribution in [-0.4, -0.2) is 57.8 Å². The Balaban J connectivity index is 1.73. The van der Waals surface area contributed by atoms with E-state index in [9.17, 15) is 27.2 Å². The molecular formula is C26H25F4N7O4. The Morgan fingerprint density at radius 1 is 1.10 bits per heavy atom. The molecule has 1 aliphatic rings. The first-order chi connectivity index (χ1) is 19.5. The van der Waals surface area contributed by atoms with Crippen molar-refractivity contribution < 1.29 is 27.0 Å². The van der Waals surface area contributed by atoms with Gasteiger partial charge in [0.2, 0.25) is 0 Å². The lowest BCUT2D eigenvalue weighted by Crippen LogP contribution is -2.49. The number of halogens is 4. The number of benzene rings is 1. The van der Waals surface area contributed by atoms with Gasteiger partial charge in [0.1, 0.15) is 5.82 Å². The Labute approximate surface area is 229 Å². The van der Waals surface area contributed by atoms with E-state index in [1.54, 1.807) is 5.01 Å². The van der Waals surface area contributed by atoms with Crippen LogP contribution in [0.25, 0.3) is 22.2 Å². The smallest absolute Gasteiger partial charge is 0.419 e. The third kappa shape index (κ3) is 5.19. The minimum Gasteiger partial charge on any atom is -0.494 e. The first-order valence-electron chi connectivity index (χ1n) is 12.5. The van der Waals surface area contributed by atoms with E-state index in [0.717, 1.165) is 10.7 Å².